The number of nitriles is 1. The summed E-state index contributed by atoms with van der Waals surface area (Å²) in [6.07, 6.45) is 6.40. The molecule has 136 valence electrons. The van der Waals surface area contributed by atoms with Crippen molar-refractivity contribution >= 4 is 29.7 Å². The molecule has 0 spiro atoms. The van der Waals surface area contributed by atoms with E-state index in [-0.39, 0.29) is 22.5 Å². The molecule has 3 aromatic rings. The van der Waals surface area contributed by atoms with E-state index in [1.54, 1.807) is 6.08 Å². The zero-order valence-electron chi connectivity index (χ0n) is 14.5. The van der Waals surface area contributed by atoms with Crippen LogP contribution in [0, 0.1) is 11.3 Å². The molecule has 1 amide bonds. The molecule has 0 aliphatic carbocycles. The number of amides is 1. The number of nitrogens with zero attached hydrogens (tertiary/aromatic N) is 3. The lowest BCUT2D eigenvalue weighted by Crippen LogP contribution is -2.16. The molecule has 2 N–H and O–H groups in total. The molecule has 0 aliphatic heterocycles. The number of aromatic nitrogens is 2. The molecule has 0 saturated carbocycles. The molecule has 2 aromatic carbocycles. The van der Waals surface area contributed by atoms with Gasteiger partial charge in [-0.2, -0.15) is 5.26 Å². The molecule has 1 aromatic heterocycles. The van der Waals surface area contributed by atoms with Gasteiger partial charge in [-0.15, -0.1) is 0 Å². The highest BCUT2D eigenvalue weighted by Gasteiger charge is 2.15. The lowest BCUT2D eigenvalue weighted by Gasteiger charge is -2.08. The summed E-state index contributed by atoms with van der Waals surface area (Å²) in [6, 6.07) is 15.5. The highest BCUT2D eigenvalue weighted by atomic mass is 16.4. The average Bonchev–Trinajstić information content (AvgIpc) is 2.73. The third kappa shape index (κ3) is 4.45. The minimum Gasteiger partial charge on any atom is -0.478 e. The third-order valence-electron chi connectivity index (χ3n) is 3.78. The number of benzene rings is 2. The maximum Gasteiger partial charge on any atom is 0.337 e. The summed E-state index contributed by atoms with van der Waals surface area (Å²) < 4.78 is 0. The van der Waals surface area contributed by atoms with Crippen molar-refractivity contribution in [1.82, 2.24) is 9.97 Å². The van der Waals surface area contributed by atoms with Gasteiger partial charge in [-0.3, -0.25) is 9.78 Å². The quantitative estimate of drug-likeness (QED) is 0.710. The van der Waals surface area contributed by atoms with Gasteiger partial charge in [0.2, 0.25) is 0 Å². The lowest BCUT2D eigenvalue weighted by atomic mass is 10.1. The largest absolute Gasteiger partial charge is 0.478 e. The van der Waals surface area contributed by atoms with Crippen molar-refractivity contribution in [1.29, 1.82) is 5.26 Å². The van der Waals surface area contributed by atoms with Gasteiger partial charge in [0.25, 0.3) is 5.91 Å². The molecule has 3 rings (SSSR count). The Hall–Kier alpha value is -4.31. The van der Waals surface area contributed by atoms with Crippen molar-refractivity contribution in [3.63, 3.8) is 0 Å². The molecule has 7 heteroatoms. The average molecular weight is 370 g/mol. The second-order valence-electron chi connectivity index (χ2n) is 5.70. The van der Waals surface area contributed by atoms with Crippen molar-refractivity contribution in [3.8, 4) is 6.07 Å². The van der Waals surface area contributed by atoms with Crippen molar-refractivity contribution in [2.75, 3.05) is 5.32 Å². The van der Waals surface area contributed by atoms with Gasteiger partial charge in [-0.05, 0) is 29.8 Å². The number of aromatic carboxylic acids is 1. The van der Waals surface area contributed by atoms with E-state index < -0.39 is 11.9 Å². The van der Waals surface area contributed by atoms with E-state index in [0.29, 0.717) is 5.69 Å². The Labute approximate surface area is 160 Å². The fraction of sp³-hybridized carbons (Fsp3) is 0. The van der Waals surface area contributed by atoms with Crippen LogP contribution in [0.2, 0.25) is 0 Å². The van der Waals surface area contributed by atoms with Crippen LogP contribution in [-0.4, -0.2) is 27.0 Å². The van der Waals surface area contributed by atoms with Gasteiger partial charge in [0.15, 0.2) is 0 Å². The normalized spacial score (nSPS) is 10.4. The summed E-state index contributed by atoms with van der Waals surface area (Å²) in [5.74, 6) is -1.85. The van der Waals surface area contributed by atoms with Crippen LogP contribution in [0.25, 0.3) is 12.2 Å². The van der Waals surface area contributed by atoms with Crippen LogP contribution in [0.4, 0.5) is 5.69 Å². The zero-order chi connectivity index (χ0) is 19.9. The third-order valence-corrected chi connectivity index (χ3v) is 3.78. The summed E-state index contributed by atoms with van der Waals surface area (Å²) in [5.41, 5.74) is 1.70. The Kier molecular flexibility index (Phi) is 5.53. The van der Waals surface area contributed by atoms with Gasteiger partial charge < -0.3 is 10.4 Å². The van der Waals surface area contributed by atoms with Gasteiger partial charge >= 0.3 is 5.97 Å². The molecule has 0 saturated heterocycles. The van der Waals surface area contributed by atoms with E-state index in [9.17, 15) is 14.7 Å². The summed E-state index contributed by atoms with van der Waals surface area (Å²) in [7, 11) is 0. The number of carbonyl (C=O) groups is 2. The number of carboxylic acid groups (broad SMARTS) is 1. The van der Waals surface area contributed by atoms with Gasteiger partial charge in [0.1, 0.15) is 5.69 Å². The number of carbonyl (C=O) groups excluding carboxylic acids is 1. The number of rotatable bonds is 5. The predicted octanol–water partition coefficient (Wildman–Crippen LogP) is 3.47. The molecule has 1 heterocycles. The summed E-state index contributed by atoms with van der Waals surface area (Å²) >= 11 is 0. The van der Waals surface area contributed by atoms with Gasteiger partial charge in [0, 0.05) is 0 Å². The Morgan fingerprint density at radius 3 is 2.46 bits per heavy atom. The van der Waals surface area contributed by atoms with E-state index in [0.717, 1.165) is 5.56 Å². The SMILES string of the molecule is N#Cc1ccc(NC(=O)c2cnc(/C=C/c3ccccc3)cn2)c(C(=O)O)c1. The first-order valence-corrected chi connectivity index (χ1v) is 8.21. The Morgan fingerprint density at radius 2 is 1.82 bits per heavy atom. The van der Waals surface area contributed by atoms with Gasteiger partial charge in [-0.25, -0.2) is 9.78 Å². The first-order chi connectivity index (χ1) is 13.6. The zero-order valence-corrected chi connectivity index (χ0v) is 14.5. The van der Waals surface area contributed by atoms with Crippen LogP contribution in [0.15, 0.2) is 60.9 Å². The number of anilines is 1. The number of hydrogen-bond acceptors (Lipinski definition) is 5. The molecule has 28 heavy (non-hydrogen) atoms. The van der Waals surface area contributed by atoms with Crippen molar-refractivity contribution in [3.05, 3.63) is 89.0 Å². The second-order valence-corrected chi connectivity index (χ2v) is 5.70. The Morgan fingerprint density at radius 1 is 1.04 bits per heavy atom. The predicted molar refractivity (Wildman–Crippen MR) is 103 cm³/mol. The summed E-state index contributed by atoms with van der Waals surface area (Å²) in [6.45, 7) is 0. The monoisotopic (exact) mass is 370 g/mol. The van der Waals surface area contributed by atoms with Crippen molar-refractivity contribution in [2.45, 2.75) is 0 Å². The fourth-order valence-corrected chi connectivity index (χ4v) is 2.37. The molecule has 0 bridgehead atoms. The molecule has 0 atom stereocenters. The standard InChI is InChI=1S/C21H14N4O3/c22-11-15-7-9-18(17(10-15)21(27)28)25-20(26)19-13-23-16(12-24-19)8-6-14-4-2-1-3-5-14/h1-10,12-13H,(H,25,26)(H,27,28)/b8-6+. The van der Waals surface area contributed by atoms with Crippen LogP contribution >= 0.6 is 0 Å². The highest BCUT2D eigenvalue weighted by Crippen LogP contribution is 2.18. The van der Waals surface area contributed by atoms with E-state index in [2.05, 4.69) is 15.3 Å². The highest BCUT2D eigenvalue weighted by molar-refractivity contribution is 6.06. The first-order valence-electron chi connectivity index (χ1n) is 8.21. The molecule has 0 fully saturated rings. The number of hydrogen-bond donors (Lipinski definition) is 2. The summed E-state index contributed by atoms with van der Waals surface area (Å²) in [4.78, 5) is 31.9. The first kappa shape index (κ1) is 18.5. The van der Waals surface area contributed by atoms with E-state index in [1.807, 2.05) is 42.5 Å². The molecule has 0 aliphatic rings. The van der Waals surface area contributed by atoms with E-state index in [1.165, 1.54) is 30.6 Å². The molecular weight excluding hydrogens is 356 g/mol. The fourth-order valence-electron chi connectivity index (χ4n) is 2.37. The molecule has 0 radical (unpaired) electrons. The number of carboxylic acids is 1. The van der Waals surface area contributed by atoms with Gasteiger partial charge in [-0.1, -0.05) is 36.4 Å². The maximum absolute atomic E-state index is 12.3. The van der Waals surface area contributed by atoms with Crippen molar-refractivity contribution in [2.24, 2.45) is 0 Å². The van der Waals surface area contributed by atoms with Crippen LogP contribution < -0.4 is 5.32 Å². The van der Waals surface area contributed by atoms with Crippen molar-refractivity contribution < 1.29 is 14.7 Å². The molecular formula is C21H14N4O3. The minimum absolute atomic E-state index is 0.0394. The minimum atomic E-state index is -1.25. The smallest absolute Gasteiger partial charge is 0.337 e. The molecule has 7 nitrogen and oxygen atoms in total. The maximum atomic E-state index is 12.3. The number of nitrogens with one attached hydrogen (secondary N) is 1. The van der Waals surface area contributed by atoms with Crippen LogP contribution in [0.3, 0.4) is 0 Å². The lowest BCUT2D eigenvalue weighted by molar-refractivity contribution is 0.0698. The van der Waals surface area contributed by atoms with Gasteiger partial charge in [0.05, 0.1) is 41.0 Å². The Balaban J connectivity index is 1.74. The Bertz CT molecular complexity index is 1080. The van der Waals surface area contributed by atoms with Crippen LogP contribution in [-0.2, 0) is 0 Å². The molecule has 0 unspecified atom stereocenters. The summed E-state index contributed by atoms with van der Waals surface area (Å²) in [5, 5.41) is 20.6. The topological polar surface area (TPSA) is 116 Å². The second kappa shape index (κ2) is 8.38. The van der Waals surface area contributed by atoms with E-state index in [4.69, 9.17) is 5.26 Å². The van der Waals surface area contributed by atoms with Crippen LogP contribution in [0.1, 0.15) is 37.7 Å². The van der Waals surface area contributed by atoms with E-state index >= 15 is 0 Å². The van der Waals surface area contributed by atoms with Crippen LogP contribution in [0.5, 0.6) is 0 Å².